The van der Waals surface area contributed by atoms with Gasteiger partial charge in [-0.2, -0.15) is 0 Å². The Morgan fingerprint density at radius 1 is 1.05 bits per heavy atom. The largest absolute Gasteiger partial charge is 0.357 e. The molecule has 0 amide bonds. The zero-order valence-corrected chi connectivity index (χ0v) is 13.7. The summed E-state index contributed by atoms with van der Waals surface area (Å²) in [5, 5.41) is 0. The van der Waals surface area contributed by atoms with Gasteiger partial charge in [0.05, 0.1) is 0 Å². The molecule has 3 rings (SSSR count). The normalized spacial score (nSPS) is 23.2. The van der Waals surface area contributed by atoms with Crippen LogP contribution < -0.4 is 4.90 Å². The second-order valence-corrected chi connectivity index (χ2v) is 6.81. The molecule has 0 radical (unpaired) electrons. The van der Waals surface area contributed by atoms with Crippen LogP contribution in [0.4, 0.5) is 5.82 Å². The van der Waals surface area contributed by atoms with Gasteiger partial charge in [-0.25, -0.2) is 4.98 Å². The van der Waals surface area contributed by atoms with E-state index in [0.717, 1.165) is 29.4 Å². The van der Waals surface area contributed by atoms with E-state index in [1.54, 1.807) is 0 Å². The van der Waals surface area contributed by atoms with Gasteiger partial charge in [-0.05, 0) is 48.0 Å². The maximum atomic E-state index is 4.51. The Labute approximate surface area is 129 Å². The van der Waals surface area contributed by atoms with E-state index in [4.69, 9.17) is 0 Å². The number of nitrogens with zero attached hydrogens (tertiary/aromatic N) is 4. The van der Waals surface area contributed by atoms with Gasteiger partial charge in [-0.1, -0.05) is 0 Å². The van der Waals surface area contributed by atoms with Crippen molar-refractivity contribution in [1.29, 1.82) is 0 Å². The molecule has 2 aliphatic rings. The van der Waals surface area contributed by atoms with E-state index in [1.165, 1.54) is 39.0 Å². The fourth-order valence-corrected chi connectivity index (χ4v) is 3.44. The summed E-state index contributed by atoms with van der Waals surface area (Å²) >= 11 is 3.44. The van der Waals surface area contributed by atoms with E-state index < -0.39 is 0 Å². The Balaban J connectivity index is 1.53. The van der Waals surface area contributed by atoms with Crippen molar-refractivity contribution in [3.63, 3.8) is 0 Å². The summed E-state index contributed by atoms with van der Waals surface area (Å²) in [7, 11) is 2.22. The lowest BCUT2D eigenvalue weighted by Gasteiger charge is -2.42. The molecule has 2 aliphatic heterocycles. The molecule has 5 heteroatoms. The molecule has 110 valence electrons. The SMILES string of the molecule is CN1CCN(C2CCN(c3ccc(Br)cn3)CC2)CC1. The summed E-state index contributed by atoms with van der Waals surface area (Å²) in [5.41, 5.74) is 0. The quantitative estimate of drug-likeness (QED) is 0.823. The van der Waals surface area contributed by atoms with Crippen molar-refractivity contribution in [3.05, 3.63) is 22.8 Å². The molecule has 1 aromatic heterocycles. The number of pyridine rings is 1. The Morgan fingerprint density at radius 3 is 2.35 bits per heavy atom. The number of aromatic nitrogens is 1. The van der Waals surface area contributed by atoms with Gasteiger partial charge in [0.2, 0.25) is 0 Å². The number of anilines is 1. The molecule has 0 unspecified atom stereocenters. The van der Waals surface area contributed by atoms with Gasteiger partial charge >= 0.3 is 0 Å². The van der Waals surface area contributed by atoms with Gasteiger partial charge < -0.3 is 9.80 Å². The number of hydrogen-bond acceptors (Lipinski definition) is 4. The fourth-order valence-electron chi connectivity index (χ4n) is 3.20. The lowest BCUT2D eigenvalue weighted by molar-refractivity contribution is 0.0981. The summed E-state index contributed by atoms with van der Waals surface area (Å²) in [6.45, 7) is 7.16. The molecule has 0 bridgehead atoms. The molecule has 2 saturated heterocycles. The minimum atomic E-state index is 0.774. The fraction of sp³-hybridized carbons (Fsp3) is 0.667. The standard InChI is InChI=1S/C15H23BrN4/c1-18-8-10-19(11-9-18)14-4-6-20(7-5-14)15-3-2-13(16)12-17-15/h2-3,12,14H,4-11H2,1H3. The molecule has 0 aliphatic carbocycles. The minimum Gasteiger partial charge on any atom is -0.357 e. The van der Waals surface area contributed by atoms with E-state index in [2.05, 4.69) is 54.8 Å². The van der Waals surface area contributed by atoms with E-state index in [-0.39, 0.29) is 0 Å². The van der Waals surface area contributed by atoms with Crippen LogP contribution >= 0.6 is 15.9 Å². The summed E-state index contributed by atoms with van der Waals surface area (Å²) < 4.78 is 1.05. The van der Waals surface area contributed by atoms with E-state index in [0.29, 0.717) is 0 Å². The first-order valence-electron chi connectivity index (χ1n) is 7.51. The van der Waals surface area contributed by atoms with Crippen LogP contribution in [0.3, 0.4) is 0 Å². The van der Waals surface area contributed by atoms with Crippen LogP contribution in [-0.2, 0) is 0 Å². The van der Waals surface area contributed by atoms with E-state index in [9.17, 15) is 0 Å². The molecule has 4 nitrogen and oxygen atoms in total. The zero-order chi connectivity index (χ0) is 13.9. The van der Waals surface area contributed by atoms with Crippen molar-refractivity contribution in [3.8, 4) is 0 Å². The van der Waals surface area contributed by atoms with Crippen LogP contribution in [0.25, 0.3) is 0 Å². The topological polar surface area (TPSA) is 22.6 Å². The van der Waals surface area contributed by atoms with Crippen LogP contribution in [0.2, 0.25) is 0 Å². The van der Waals surface area contributed by atoms with Crippen molar-refractivity contribution in [2.75, 3.05) is 51.2 Å². The Bertz CT molecular complexity index is 420. The highest BCUT2D eigenvalue weighted by molar-refractivity contribution is 9.10. The van der Waals surface area contributed by atoms with E-state index in [1.807, 2.05) is 6.20 Å². The Hall–Kier alpha value is -0.650. The van der Waals surface area contributed by atoms with Crippen LogP contribution in [0.1, 0.15) is 12.8 Å². The first-order valence-corrected chi connectivity index (χ1v) is 8.31. The van der Waals surface area contributed by atoms with Gasteiger partial charge in [-0.15, -0.1) is 0 Å². The number of piperidine rings is 1. The molecular formula is C15H23BrN4. The second kappa shape index (κ2) is 6.41. The van der Waals surface area contributed by atoms with Gasteiger partial charge in [0.15, 0.2) is 0 Å². The van der Waals surface area contributed by atoms with Gasteiger partial charge in [-0.3, -0.25) is 4.90 Å². The third kappa shape index (κ3) is 3.32. The van der Waals surface area contributed by atoms with Crippen LogP contribution in [0.15, 0.2) is 22.8 Å². The molecule has 2 fully saturated rings. The van der Waals surface area contributed by atoms with Crippen molar-refractivity contribution in [2.24, 2.45) is 0 Å². The summed E-state index contributed by atoms with van der Waals surface area (Å²) in [6.07, 6.45) is 4.42. The molecule has 0 spiro atoms. The Kier molecular flexibility index (Phi) is 4.58. The molecule has 0 saturated carbocycles. The molecule has 1 aromatic rings. The third-order valence-corrected chi connectivity index (χ3v) is 5.02. The Morgan fingerprint density at radius 2 is 1.75 bits per heavy atom. The first kappa shape index (κ1) is 14.3. The lowest BCUT2D eigenvalue weighted by Crippen LogP contribution is -2.52. The number of likely N-dealkylation sites (N-methyl/N-ethyl adjacent to an activating group) is 1. The number of hydrogen-bond donors (Lipinski definition) is 0. The molecule has 20 heavy (non-hydrogen) atoms. The number of rotatable bonds is 2. The summed E-state index contributed by atoms with van der Waals surface area (Å²) in [6, 6.07) is 4.96. The molecule has 0 aromatic carbocycles. The zero-order valence-electron chi connectivity index (χ0n) is 12.1. The first-order chi connectivity index (χ1) is 9.72. The maximum Gasteiger partial charge on any atom is 0.128 e. The molecule has 0 atom stereocenters. The lowest BCUT2D eigenvalue weighted by atomic mass is 10.0. The van der Waals surface area contributed by atoms with Crippen LogP contribution in [0.5, 0.6) is 0 Å². The maximum absolute atomic E-state index is 4.51. The second-order valence-electron chi connectivity index (χ2n) is 5.89. The monoisotopic (exact) mass is 338 g/mol. The number of piperazine rings is 1. The molecular weight excluding hydrogens is 316 g/mol. The smallest absolute Gasteiger partial charge is 0.128 e. The highest BCUT2D eigenvalue weighted by Gasteiger charge is 2.26. The van der Waals surface area contributed by atoms with Gasteiger partial charge in [0, 0.05) is 56.0 Å². The predicted molar refractivity (Wildman–Crippen MR) is 86.2 cm³/mol. The third-order valence-electron chi connectivity index (χ3n) is 4.55. The van der Waals surface area contributed by atoms with Crippen molar-refractivity contribution in [2.45, 2.75) is 18.9 Å². The van der Waals surface area contributed by atoms with Crippen molar-refractivity contribution in [1.82, 2.24) is 14.8 Å². The van der Waals surface area contributed by atoms with Crippen molar-refractivity contribution < 1.29 is 0 Å². The average molecular weight is 339 g/mol. The van der Waals surface area contributed by atoms with Crippen molar-refractivity contribution >= 4 is 21.7 Å². The minimum absolute atomic E-state index is 0.774. The molecule has 0 N–H and O–H groups in total. The van der Waals surface area contributed by atoms with Crippen LogP contribution in [0, 0.1) is 0 Å². The number of halogens is 1. The average Bonchev–Trinajstić information content (AvgIpc) is 2.49. The highest BCUT2D eigenvalue weighted by Crippen LogP contribution is 2.22. The van der Waals surface area contributed by atoms with Gasteiger partial charge in [0.1, 0.15) is 5.82 Å². The highest BCUT2D eigenvalue weighted by atomic mass is 79.9. The molecule has 3 heterocycles. The predicted octanol–water partition coefficient (Wildman–Crippen LogP) is 2.06. The summed E-state index contributed by atoms with van der Waals surface area (Å²) in [4.78, 5) is 12.0. The summed E-state index contributed by atoms with van der Waals surface area (Å²) in [5.74, 6) is 1.12. The van der Waals surface area contributed by atoms with Crippen LogP contribution in [-0.4, -0.2) is 67.1 Å². The van der Waals surface area contributed by atoms with E-state index >= 15 is 0 Å². The van der Waals surface area contributed by atoms with Gasteiger partial charge in [0.25, 0.3) is 0 Å².